The molecule has 0 saturated carbocycles. The topological polar surface area (TPSA) is 24.1 Å². The van der Waals surface area contributed by atoms with Crippen LogP contribution in [-0.2, 0) is 0 Å². The fraction of sp³-hybridized carbons (Fsp3) is 0.176. The van der Waals surface area contributed by atoms with Gasteiger partial charge in [0.15, 0.2) is 0 Å². The first-order valence-electron chi connectivity index (χ1n) is 6.57. The van der Waals surface area contributed by atoms with Gasteiger partial charge in [-0.1, -0.05) is 24.3 Å². The summed E-state index contributed by atoms with van der Waals surface area (Å²) in [7, 11) is 3.95. The van der Waals surface area contributed by atoms with Gasteiger partial charge in [0.25, 0.3) is 0 Å². The molecule has 0 atom stereocenters. The molecule has 0 unspecified atom stereocenters. The van der Waals surface area contributed by atoms with Crippen molar-refractivity contribution in [2.75, 3.05) is 24.7 Å². The second kappa shape index (κ2) is 4.47. The molecule has 2 N–H and O–H groups in total. The van der Waals surface area contributed by atoms with Crippen LogP contribution in [0.3, 0.4) is 0 Å². The average molecular weight is 250 g/mol. The Labute approximate surface area is 113 Å². The predicted molar refractivity (Wildman–Crippen MR) is 85.3 cm³/mol. The number of benzene rings is 3. The van der Waals surface area contributed by atoms with Gasteiger partial charge in [-0.05, 0) is 41.5 Å². The first-order valence-corrected chi connectivity index (χ1v) is 6.57. The minimum atomic E-state index is 1.17. The van der Waals surface area contributed by atoms with Crippen molar-refractivity contribution in [3.8, 4) is 0 Å². The molecule has 3 aromatic rings. The zero-order valence-corrected chi connectivity index (χ0v) is 11.5. The summed E-state index contributed by atoms with van der Waals surface area (Å²) in [5.74, 6) is 0. The van der Waals surface area contributed by atoms with Gasteiger partial charge >= 0.3 is 0 Å². The molecule has 0 aliphatic heterocycles. The smallest absolute Gasteiger partial charge is 0.0421 e. The Morgan fingerprint density at radius 3 is 2.21 bits per heavy atom. The van der Waals surface area contributed by atoms with E-state index >= 15 is 0 Å². The second-order valence-electron chi connectivity index (χ2n) is 4.81. The van der Waals surface area contributed by atoms with Gasteiger partial charge in [0.2, 0.25) is 0 Å². The summed E-state index contributed by atoms with van der Waals surface area (Å²) in [4.78, 5) is 0. The normalized spacial score (nSPS) is 10.9. The van der Waals surface area contributed by atoms with Crippen LogP contribution < -0.4 is 10.6 Å². The molecular weight excluding hydrogens is 232 g/mol. The third-order valence-corrected chi connectivity index (χ3v) is 3.82. The molecular formula is C17H18N2. The van der Waals surface area contributed by atoms with Crippen molar-refractivity contribution >= 4 is 32.9 Å². The van der Waals surface area contributed by atoms with E-state index < -0.39 is 0 Å². The molecule has 0 fully saturated rings. The lowest BCUT2D eigenvalue weighted by Crippen LogP contribution is -1.96. The van der Waals surface area contributed by atoms with Gasteiger partial charge in [-0.2, -0.15) is 0 Å². The van der Waals surface area contributed by atoms with E-state index in [0.717, 1.165) is 0 Å². The zero-order chi connectivity index (χ0) is 13.4. The second-order valence-corrected chi connectivity index (χ2v) is 4.81. The molecule has 0 amide bonds. The van der Waals surface area contributed by atoms with Crippen LogP contribution >= 0.6 is 0 Å². The third-order valence-electron chi connectivity index (χ3n) is 3.82. The number of aryl methyl sites for hydroxylation is 1. The van der Waals surface area contributed by atoms with Gasteiger partial charge in [0.05, 0.1) is 0 Å². The lowest BCUT2D eigenvalue weighted by Gasteiger charge is -2.15. The molecule has 0 saturated heterocycles. The quantitative estimate of drug-likeness (QED) is 0.659. The van der Waals surface area contributed by atoms with E-state index in [-0.39, 0.29) is 0 Å². The third kappa shape index (κ3) is 1.72. The van der Waals surface area contributed by atoms with Crippen LogP contribution in [0, 0.1) is 6.92 Å². The number of fused-ring (bicyclic) bond motifs is 2. The maximum atomic E-state index is 3.30. The highest BCUT2D eigenvalue weighted by molar-refractivity contribution is 6.11. The fourth-order valence-corrected chi connectivity index (χ4v) is 2.85. The summed E-state index contributed by atoms with van der Waals surface area (Å²) < 4.78 is 0. The Hall–Kier alpha value is -2.22. The van der Waals surface area contributed by atoms with Crippen molar-refractivity contribution in [3.63, 3.8) is 0 Å². The van der Waals surface area contributed by atoms with Crippen LogP contribution in [0.4, 0.5) is 11.4 Å². The SMILES string of the molecule is CNc1ccc(NC)c2c(C)c3ccccc3cc12. The minimum Gasteiger partial charge on any atom is -0.388 e. The van der Waals surface area contributed by atoms with Crippen LogP contribution in [0.25, 0.3) is 21.5 Å². The Morgan fingerprint density at radius 2 is 1.47 bits per heavy atom. The maximum absolute atomic E-state index is 3.30. The van der Waals surface area contributed by atoms with Crippen molar-refractivity contribution in [1.29, 1.82) is 0 Å². The van der Waals surface area contributed by atoms with Crippen LogP contribution in [0.15, 0.2) is 42.5 Å². The van der Waals surface area contributed by atoms with E-state index in [9.17, 15) is 0 Å². The van der Waals surface area contributed by atoms with Crippen molar-refractivity contribution in [1.82, 2.24) is 0 Å². The molecule has 0 heterocycles. The van der Waals surface area contributed by atoms with Crippen molar-refractivity contribution < 1.29 is 0 Å². The molecule has 96 valence electrons. The summed E-state index contributed by atoms with van der Waals surface area (Å²) >= 11 is 0. The molecule has 3 aromatic carbocycles. The number of rotatable bonds is 2. The molecule has 2 heteroatoms. The van der Waals surface area contributed by atoms with Crippen molar-refractivity contribution in [2.45, 2.75) is 6.92 Å². The number of hydrogen-bond donors (Lipinski definition) is 2. The average Bonchev–Trinajstić information content (AvgIpc) is 2.46. The fourth-order valence-electron chi connectivity index (χ4n) is 2.85. The number of hydrogen-bond acceptors (Lipinski definition) is 2. The Bertz CT molecular complexity index is 760. The summed E-state index contributed by atoms with van der Waals surface area (Å²) in [6.07, 6.45) is 0. The van der Waals surface area contributed by atoms with Crippen LogP contribution in [0.5, 0.6) is 0 Å². The highest BCUT2D eigenvalue weighted by Gasteiger charge is 2.10. The predicted octanol–water partition coefficient (Wildman–Crippen LogP) is 4.38. The molecule has 0 radical (unpaired) electrons. The van der Waals surface area contributed by atoms with E-state index in [2.05, 4.69) is 60.0 Å². The lowest BCUT2D eigenvalue weighted by molar-refractivity contribution is 1.49. The number of anilines is 2. The monoisotopic (exact) mass is 250 g/mol. The van der Waals surface area contributed by atoms with Crippen LogP contribution in [-0.4, -0.2) is 14.1 Å². The van der Waals surface area contributed by atoms with E-state index in [1.807, 2.05) is 14.1 Å². The van der Waals surface area contributed by atoms with Gasteiger partial charge in [0.1, 0.15) is 0 Å². The Kier molecular flexibility index (Phi) is 2.79. The van der Waals surface area contributed by atoms with Gasteiger partial charge in [-0.15, -0.1) is 0 Å². The molecule has 2 nitrogen and oxygen atoms in total. The van der Waals surface area contributed by atoms with Crippen molar-refractivity contribution in [3.05, 3.63) is 48.0 Å². The van der Waals surface area contributed by atoms with Gasteiger partial charge in [-0.25, -0.2) is 0 Å². The van der Waals surface area contributed by atoms with Crippen molar-refractivity contribution in [2.24, 2.45) is 0 Å². The summed E-state index contributed by atoms with van der Waals surface area (Å²) in [6, 6.07) is 15.1. The maximum Gasteiger partial charge on any atom is 0.0421 e. The van der Waals surface area contributed by atoms with E-state index in [1.54, 1.807) is 0 Å². The highest BCUT2D eigenvalue weighted by atomic mass is 14.8. The summed E-state index contributed by atoms with van der Waals surface area (Å²) in [5.41, 5.74) is 3.68. The largest absolute Gasteiger partial charge is 0.388 e. The molecule has 0 aliphatic carbocycles. The molecule has 0 aromatic heterocycles. The van der Waals surface area contributed by atoms with Crippen LogP contribution in [0.1, 0.15) is 5.56 Å². The molecule has 0 bridgehead atoms. The van der Waals surface area contributed by atoms with Crippen LogP contribution in [0.2, 0.25) is 0 Å². The molecule has 19 heavy (non-hydrogen) atoms. The van der Waals surface area contributed by atoms with E-state index in [0.29, 0.717) is 0 Å². The first kappa shape index (κ1) is 11.8. The highest BCUT2D eigenvalue weighted by Crippen LogP contribution is 2.36. The van der Waals surface area contributed by atoms with Gasteiger partial charge < -0.3 is 10.6 Å². The Balaban J connectivity index is 2.55. The summed E-state index contributed by atoms with van der Waals surface area (Å²) in [6.45, 7) is 2.20. The van der Waals surface area contributed by atoms with E-state index in [1.165, 1.54) is 38.5 Å². The minimum absolute atomic E-state index is 1.17. The Morgan fingerprint density at radius 1 is 0.789 bits per heavy atom. The molecule has 0 aliphatic rings. The summed E-state index contributed by atoms with van der Waals surface area (Å²) in [5, 5.41) is 11.8. The zero-order valence-electron chi connectivity index (χ0n) is 11.5. The standard InChI is InChI=1S/C17H18N2/c1-11-13-7-5-4-6-12(13)10-14-15(18-2)8-9-16(19-3)17(11)14/h4-10,18-19H,1-3H3. The molecule has 3 rings (SSSR count). The van der Waals surface area contributed by atoms with E-state index in [4.69, 9.17) is 0 Å². The lowest BCUT2D eigenvalue weighted by atomic mass is 9.95. The number of nitrogens with one attached hydrogen (secondary N) is 2. The molecule has 0 spiro atoms. The first-order chi connectivity index (χ1) is 9.26. The van der Waals surface area contributed by atoms with Gasteiger partial charge in [0, 0.05) is 36.2 Å². The van der Waals surface area contributed by atoms with Gasteiger partial charge in [-0.3, -0.25) is 0 Å².